The molecule has 3 N–H and O–H groups in total. The molecule has 0 aliphatic rings. The van der Waals surface area contributed by atoms with Crippen molar-refractivity contribution in [1.29, 1.82) is 0 Å². The van der Waals surface area contributed by atoms with Crippen LogP contribution in [0.15, 0.2) is 102 Å². The van der Waals surface area contributed by atoms with E-state index in [0.29, 0.717) is 5.56 Å². The van der Waals surface area contributed by atoms with Crippen LogP contribution in [0.25, 0.3) is 0 Å². The summed E-state index contributed by atoms with van der Waals surface area (Å²) in [6.45, 7) is 6.38. The Morgan fingerprint density at radius 1 is 0.714 bits per heavy atom. The lowest BCUT2D eigenvalue weighted by atomic mass is 10.00. The van der Waals surface area contributed by atoms with Crippen molar-refractivity contribution in [2.75, 3.05) is 6.61 Å². The summed E-state index contributed by atoms with van der Waals surface area (Å²) < 4.78 is 32.3. The van der Waals surface area contributed by atoms with Crippen LogP contribution in [0.3, 0.4) is 0 Å². The normalized spacial score (nSPS) is 12.2. The van der Waals surface area contributed by atoms with Gasteiger partial charge in [-0.3, -0.25) is 19.2 Å². The maximum atomic E-state index is 13.4. The van der Waals surface area contributed by atoms with E-state index in [2.05, 4.69) is 10.6 Å². The Hall–Kier alpha value is -5.62. The first-order valence-corrected chi connectivity index (χ1v) is 16.9. The Labute approximate surface area is 285 Å². The van der Waals surface area contributed by atoms with Crippen LogP contribution in [0.1, 0.15) is 60.3 Å². The molecule has 0 radical (unpaired) electrons. The highest BCUT2D eigenvalue weighted by molar-refractivity contribution is 7.90. The second kappa shape index (κ2) is 16.0. The lowest BCUT2D eigenvalue weighted by molar-refractivity contribution is -0.129. The summed E-state index contributed by atoms with van der Waals surface area (Å²) >= 11 is 0. The number of amides is 3. The molecule has 12 heteroatoms. The number of aryl methyl sites for hydroxylation is 3. The zero-order chi connectivity index (χ0) is 35.7. The van der Waals surface area contributed by atoms with Crippen molar-refractivity contribution < 1.29 is 37.1 Å². The number of ketones is 1. The minimum Gasteiger partial charge on any atom is -0.454 e. The second-order valence-corrected chi connectivity index (χ2v) is 13.3. The van der Waals surface area contributed by atoms with E-state index in [1.807, 2.05) is 29.8 Å². The van der Waals surface area contributed by atoms with Gasteiger partial charge in [-0.2, -0.15) is 0 Å². The predicted octanol–water partition coefficient (Wildman–Crippen LogP) is 4.00. The summed E-state index contributed by atoms with van der Waals surface area (Å²) in [5.74, 6) is -3.35. The molecule has 0 spiro atoms. The van der Waals surface area contributed by atoms with Gasteiger partial charge in [-0.1, -0.05) is 66.2 Å². The second-order valence-electron chi connectivity index (χ2n) is 11.6. The van der Waals surface area contributed by atoms with Gasteiger partial charge in [0, 0.05) is 17.5 Å². The molecule has 0 aliphatic heterocycles. The Morgan fingerprint density at radius 2 is 1.24 bits per heavy atom. The van der Waals surface area contributed by atoms with E-state index in [1.165, 1.54) is 55.5 Å². The number of esters is 1. The van der Waals surface area contributed by atoms with Crippen molar-refractivity contribution in [3.05, 3.63) is 136 Å². The van der Waals surface area contributed by atoms with Crippen molar-refractivity contribution in [1.82, 2.24) is 15.4 Å². The third kappa shape index (κ3) is 9.71. The van der Waals surface area contributed by atoms with E-state index >= 15 is 0 Å². The number of Topliss-reactive ketones (excluding diaryl/α,β-unsaturated/α-hetero) is 1. The first-order chi connectivity index (χ1) is 23.2. The number of carbonyl (C=O) groups excluding carboxylic acids is 5. The van der Waals surface area contributed by atoms with E-state index < -0.39 is 58.2 Å². The average molecular weight is 684 g/mol. The Morgan fingerprint density at radius 3 is 1.82 bits per heavy atom. The van der Waals surface area contributed by atoms with Gasteiger partial charge in [0.1, 0.15) is 6.04 Å². The fraction of sp³-hybridized carbons (Fsp3) is 0.216. The molecular weight excluding hydrogens is 646 g/mol. The van der Waals surface area contributed by atoms with Gasteiger partial charge in [0.05, 0.1) is 16.5 Å². The molecule has 2 atom stereocenters. The van der Waals surface area contributed by atoms with Gasteiger partial charge in [0.15, 0.2) is 12.4 Å². The minimum absolute atomic E-state index is 0.00429. The third-order valence-electron chi connectivity index (χ3n) is 7.66. The molecule has 0 saturated heterocycles. The molecule has 3 amide bonds. The summed E-state index contributed by atoms with van der Waals surface area (Å²) in [6.07, 6.45) is 0.0954. The molecule has 0 aromatic heterocycles. The Balaban J connectivity index is 1.40. The topological polar surface area (TPSA) is 165 Å². The zero-order valence-corrected chi connectivity index (χ0v) is 28.3. The van der Waals surface area contributed by atoms with Crippen LogP contribution in [-0.4, -0.2) is 56.6 Å². The third-order valence-corrected chi connectivity index (χ3v) is 9.01. The molecule has 4 aromatic rings. The molecule has 4 rings (SSSR count). The smallest absolute Gasteiger partial charge is 0.339 e. The van der Waals surface area contributed by atoms with E-state index in [4.69, 9.17) is 4.74 Å². The molecule has 254 valence electrons. The van der Waals surface area contributed by atoms with Gasteiger partial charge in [-0.15, -0.1) is 0 Å². The molecule has 0 bridgehead atoms. The van der Waals surface area contributed by atoms with E-state index in [0.717, 1.165) is 22.3 Å². The molecule has 4 aromatic carbocycles. The number of hydrogen-bond donors (Lipinski definition) is 3. The number of sulfonamides is 1. The Bertz CT molecular complexity index is 1940. The van der Waals surface area contributed by atoms with Gasteiger partial charge >= 0.3 is 5.97 Å². The summed E-state index contributed by atoms with van der Waals surface area (Å²) in [5.41, 5.74) is 3.67. The van der Waals surface area contributed by atoms with Crippen molar-refractivity contribution >= 4 is 39.5 Å². The van der Waals surface area contributed by atoms with Crippen LogP contribution in [0, 0.1) is 20.8 Å². The highest BCUT2D eigenvalue weighted by atomic mass is 32.2. The Kier molecular flexibility index (Phi) is 11.8. The molecule has 0 aliphatic carbocycles. The number of hydrogen-bond acceptors (Lipinski definition) is 8. The van der Waals surface area contributed by atoms with E-state index in [1.54, 1.807) is 44.2 Å². The van der Waals surface area contributed by atoms with Gasteiger partial charge in [-0.25, -0.2) is 17.9 Å². The molecule has 0 unspecified atom stereocenters. The van der Waals surface area contributed by atoms with Crippen LogP contribution in [-0.2, 0) is 30.8 Å². The monoisotopic (exact) mass is 683 g/mol. The van der Waals surface area contributed by atoms with Crippen LogP contribution in [0.5, 0.6) is 0 Å². The van der Waals surface area contributed by atoms with Gasteiger partial charge < -0.3 is 15.4 Å². The molecule has 0 heterocycles. The molecular formula is C37H37N3O8S. The van der Waals surface area contributed by atoms with Gasteiger partial charge in [-0.05, 0) is 80.8 Å². The lowest BCUT2D eigenvalue weighted by Crippen LogP contribution is -2.52. The fourth-order valence-corrected chi connectivity index (χ4v) is 6.14. The zero-order valence-electron chi connectivity index (χ0n) is 27.5. The van der Waals surface area contributed by atoms with Crippen molar-refractivity contribution in [3.8, 4) is 0 Å². The maximum absolute atomic E-state index is 13.4. The number of ether oxygens (including phenoxy) is 1. The fourth-order valence-electron chi connectivity index (χ4n) is 5.14. The highest BCUT2D eigenvalue weighted by Crippen LogP contribution is 2.18. The van der Waals surface area contributed by atoms with Crippen LogP contribution in [0.4, 0.5) is 0 Å². The molecule has 0 fully saturated rings. The molecule has 49 heavy (non-hydrogen) atoms. The number of benzene rings is 4. The average Bonchev–Trinajstić information content (AvgIpc) is 3.07. The number of nitrogens with one attached hydrogen (secondary N) is 3. The summed E-state index contributed by atoms with van der Waals surface area (Å²) in [5, 5.41) is 5.28. The van der Waals surface area contributed by atoms with Crippen molar-refractivity contribution in [2.24, 2.45) is 0 Å². The first kappa shape index (κ1) is 36.2. The van der Waals surface area contributed by atoms with Crippen LogP contribution < -0.4 is 15.4 Å². The summed E-state index contributed by atoms with van der Waals surface area (Å²) in [7, 11) is -4.10. The largest absolute Gasteiger partial charge is 0.454 e. The van der Waals surface area contributed by atoms with Crippen molar-refractivity contribution in [3.63, 3.8) is 0 Å². The summed E-state index contributed by atoms with van der Waals surface area (Å²) in [6, 6.07) is 23.1. The molecule has 11 nitrogen and oxygen atoms in total. The van der Waals surface area contributed by atoms with Crippen LogP contribution in [0.2, 0.25) is 0 Å². The van der Waals surface area contributed by atoms with Crippen LogP contribution >= 0.6 is 0 Å². The van der Waals surface area contributed by atoms with Gasteiger partial charge in [0.2, 0.25) is 5.91 Å². The number of rotatable bonds is 13. The summed E-state index contributed by atoms with van der Waals surface area (Å²) in [4.78, 5) is 64.8. The standard InChI is InChI=1S/C37H37N3O8S/c1-23-19-24(2)33(25(3)20-23)37(45)48-22-32(41)26(4)38-36(44)31(21-27-11-7-5-8-12-27)39-34(42)28-15-17-29(18-16-28)35(43)40-49(46,47)30-13-9-6-10-14-30/h5-20,26,31H,21-22H2,1-4H3,(H,38,44)(H,39,42)(H,40,43)/t26-,31+/m1/s1. The predicted molar refractivity (Wildman–Crippen MR) is 182 cm³/mol. The molecule has 0 saturated carbocycles. The van der Waals surface area contributed by atoms with Gasteiger partial charge in [0.25, 0.3) is 21.8 Å². The maximum Gasteiger partial charge on any atom is 0.339 e. The number of carbonyl (C=O) groups is 5. The van der Waals surface area contributed by atoms with E-state index in [9.17, 15) is 32.4 Å². The highest BCUT2D eigenvalue weighted by Gasteiger charge is 2.27. The minimum atomic E-state index is -4.10. The quantitative estimate of drug-likeness (QED) is 0.178. The van der Waals surface area contributed by atoms with Crippen molar-refractivity contribution in [2.45, 2.75) is 51.1 Å². The lowest BCUT2D eigenvalue weighted by Gasteiger charge is -2.21. The van der Waals surface area contributed by atoms with E-state index in [-0.39, 0.29) is 22.4 Å². The first-order valence-electron chi connectivity index (χ1n) is 15.4. The SMILES string of the molecule is Cc1cc(C)c(C(=O)OCC(=O)[C@@H](C)NC(=O)[C@H](Cc2ccccc2)NC(=O)c2ccc(C(=O)NS(=O)(=O)c3ccccc3)cc2)c(C)c1.